The fourth-order valence-electron chi connectivity index (χ4n) is 2.06. The predicted molar refractivity (Wildman–Crippen MR) is 87.9 cm³/mol. The van der Waals surface area contributed by atoms with E-state index in [1.165, 1.54) is 0 Å². The molecular weight excluding hydrogens is 302 g/mol. The number of ether oxygens (including phenoxy) is 1. The number of benzene rings is 2. The highest BCUT2D eigenvalue weighted by molar-refractivity contribution is 7.09. The van der Waals surface area contributed by atoms with Crippen LogP contribution in [0, 0.1) is 0 Å². The van der Waals surface area contributed by atoms with E-state index < -0.39 is 0 Å². The zero-order valence-electron chi connectivity index (χ0n) is 11.3. The lowest BCUT2D eigenvalue weighted by molar-refractivity contribution is 0.306. The fourth-order valence-corrected chi connectivity index (χ4v) is 3.00. The highest BCUT2D eigenvalue weighted by atomic mass is 35.5. The van der Waals surface area contributed by atoms with Crippen LogP contribution in [-0.2, 0) is 12.5 Å². The van der Waals surface area contributed by atoms with Crippen molar-refractivity contribution in [3.8, 4) is 16.9 Å². The summed E-state index contributed by atoms with van der Waals surface area (Å²) >= 11 is 7.34. The summed E-state index contributed by atoms with van der Waals surface area (Å²) in [5.74, 6) is 1.31. The molecule has 0 bridgehead atoms. The van der Waals surface area contributed by atoms with Crippen molar-refractivity contribution in [2.24, 2.45) is 0 Å². The number of para-hydroxylation sites is 1. The van der Waals surface area contributed by atoms with Crippen molar-refractivity contribution in [1.82, 2.24) is 4.98 Å². The van der Waals surface area contributed by atoms with Gasteiger partial charge in [-0.3, -0.25) is 0 Å². The van der Waals surface area contributed by atoms with Gasteiger partial charge in [0.2, 0.25) is 0 Å². The van der Waals surface area contributed by atoms with E-state index in [1.807, 2.05) is 41.8 Å². The van der Waals surface area contributed by atoms with E-state index in [-0.39, 0.29) is 0 Å². The normalized spacial score (nSPS) is 10.5. The Bertz CT molecular complexity index is 712. The third-order valence-corrected chi connectivity index (χ3v) is 4.20. The Morgan fingerprint density at radius 1 is 1.00 bits per heavy atom. The summed E-state index contributed by atoms with van der Waals surface area (Å²) in [5, 5.41) is 2.91. The van der Waals surface area contributed by atoms with Crippen LogP contribution in [0.4, 0.5) is 0 Å². The van der Waals surface area contributed by atoms with E-state index in [0.717, 1.165) is 27.6 Å². The molecule has 0 spiro atoms. The summed E-state index contributed by atoms with van der Waals surface area (Å²) in [5.41, 5.74) is 3.14. The number of nitrogens with zero attached hydrogens (tertiary/aromatic N) is 1. The highest BCUT2D eigenvalue weighted by Gasteiger charge is 2.07. The summed E-state index contributed by atoms with van der Waals surface area (Å²) in [6.45, 7) is 0.464. The number of rotatable bonds is 5. The molecule has 0 amide bonds. The minimum absolute atomic E-state index is 0.442. The number of hydrogen-bond acceptors (Lipinski definition) is 3. The van der Waals surface area contributed by atoms with Crippen LogP contribution in [0.25, 0.3) is 11.1 Å². The third kappa shape index (κ3) is 3.43. The van der Waals surface area contributed by atoms with E-state index in [9.17, 15) is 0 Å². The molecule has 0 atom stereocenters. The Morgan fingerprint density at radius 3 is 2.52 bits per heavy atom. The summed E-state index contributed by atoms with van der Waals surface area (Å²) in [7, 11) is 0. The second kappa shape index (κ2) is 6.74. The van der Waals surface area contributed by atoms with Crippen molar-refractivity contribution in [2.75, 3.05) is 0 Å². The minimum atomic E-state index is 0.442. The molecule has 1 aromatic heterocycles. The van der Waals surface area contributed by atoms with E-state index >= 15 is 0 Å². The molecule has 21 heavy (non-hydrogen) atoms. The summed E-state index contributed by atoms with van der Waals surface area (Å²) in [4.78, 5) is 4.41. The molecule has 4 heteroatoms. The van der Waals surface area contributed by atoms with Crippen molar-refractivity contribution in [3.63, 3.8) is 0 Å². The van der Waals surface area contributed by atoms with Crippen molar-refractivity contribution in [1.29, 1.82) is 0 Å². The van der Waals surface area contributed by atoms with Gasteiger partial charge in [0, 0.05) is 10.9 Å². The van der Waals surface area contributed by atoms with Crippen LogP contribution >= 0.6 is 22.9 Å². The maximum absolute atomic E-state index is 5.94. The molecule has 0 unspecified atom stereocenters. The van der Waals surface area contributed by atoms with Crippen molar-refractivity contribution < 1.29 is 4.74 Å². The second-order valence-electron chi connectivity index (χ2n) is 4.52. The van der Waals surface area contributed by atoms with Gasteiger partial charge in [-0.05, 0) is 11.6 Å². The summed E-state index contributed by atoms with van der Waals surface area (Å²) in [6, 6.07) is 18.3. The molecular formula is C17H14ClNOS. The predicted octanol–water partition coefficient (Wildman–Crippen LogP) is 5.13. The molecule has 3 rings (SSSR count). The Morgan fingerprint density at radius 2 is 1.76 bits per heavy atom. The van der Waals surface area contributed by atoms with Gasteiger partial charge in [0.05, 0.1) is 11.6 Å². The Kier molecular flexibility index (Phi) is 4.53. The quantitative estimate of drug-likeness (QED) is 0.609. The third-order valence-electron chi connectivity index (χ3n) is 3.06. The average molecular weight is 316 g/mol. The van der Waals surface area contributed by atoms with Crippen LogP contribution in [-0.4, -0.2) is 4.98 Å². The van der Waals surface area contributed by atoms with Crippen LogP contribution < -0.4 is 4.74 Å². The van der Waals surface area contributed by atoms with Crippen LogP contribution in [0.1, 0.15) is 10.7 Å². The number of halogens is 1. The first-order valence-corrected chi connectivity index (χ1v) is 8.05. The monoisotopic (exact) mass is 315 g/mol. The number of aromatic nitrogens is 1. The summed E-state index contributed by atoms with van der Waals surface area (Å²) < 4.78 is 5.94. The number of alkyl halides is 1. The van der Waals surface area contributed by atoms with E-state index in [4.69, 9.17) is 16.3 Å². The summed E-state index contributed by atoms with van der Waals surface area (Å²) in [6.07, 6.45) is 0. The maximum atomic E-state index is 5.94. The van der Waals surface area contributed by atoms with Crippen molar-refractivity contribution in [2.45, 2.75) is 12.5 Å². The van der Waals surface area contributed by atoms with Gasteiger partial charge in [0.15, 0.2) is 0 Å². The Hall–Kier alpha value is -1.84. The molecule has 106 valence electrons. The lowest BCUT2D eigenvalue weighted by atomic mass is 10.1. The van der Waals surface area contributed by atoms with Crippen LogP contribution in [0.2, 0.25) is 0 Å². The zero-order valence-corrected chi connectivity index (χ0v) is 12.9. The molecule has 0 radical (unpaired) electrons. The van der Waals surface area contributed by atoms with E-state index in [2.05, 4.69) is 23.2 Å². The molecule has 0 aliphatic carbocycles. The largest absolute Gasteiger partial charge is 0.486 e. The van der Waals surface area contributed by atoms with Gasteiger partial charge in [-0.15, -0.1) is 22.9 Å². The molecule has 0 saturated carbocycles. The van der Waals surface area contributed by atoms with Crippen LogP contribution in [0.3, 0.4) is 0 Å². The minimum Gasteiger partial charge on any atom is -0.486 e. The zero-order chi connectivity index (χ0) is 14.5. The molecule has 0 aliphatic rings. The van der Waals surface area contributed by atoms with Gasteiger partial charge in [-0.2, -0.15) is 0 Å². The SMILES string of the molecule is ClCc1csc(COc2ccccc2-c2ccccc2)n1. The molecule has 2 nitrogen and oxygen atoms in total. The smallest absolute Gasteiger partial charge is 0.140 e. The molecule has 0 aliphatic heterocycles. The van der Waals surface area contributed by atoms with Gasteiger partial charge in [0.25, 0.3) is 0 Å². The van der Waals surface area contributed by atoms with Crippen LogP contribution in [0.5, 0.6) is 5.75 Å². The van der Waals surface area contributed by atoms with Gasteiger partial charge < -0.3 is 4.74 Å². The van der Waals surface area contributed by atoms with Gasteiger partial charge in [-0.25, -0.2) is 4.98 Å². The number of hydrogen-bond donors (Lipinski definition) is 0. The standard InChI is InChI=1S/C17H14ClNOS/c18-10-14-12-21-17(19-14)11-20-16-9-5-4-8-15(16)13-6-2-1-3-7-13/h1-9,12H,10-11H2. The Labute approximate surface area is 133 Å². The van der Waals surface area contributed by atoms with Gasteiger partial charge in [0.1, 0.15) is 17.4 Å². The average Bonchev–Trinajstić information content (AvgIpc) is 3.02. The second-order valence-corrected chi connectivity index (χ2v) is 5.73. The van der Waals surface area contributed by atoms with E-state index in [1.54, 1.807) is 11.3 Å². The Balaban J connectivity index is 1.79. The highest BCUT2D eigenvalue weighted by Crippen LogP contribution is 2.30. The molecule has 1 heterocycles. The van der Waals surface area contributed by atoms with Crippen molar-refractivity contribution >= 4 is 22.9 Å². The van der Waals surface area contributed by atoms with Gasteiger partial charge >= 0.3 is 0 Å². The molecule has 0 N–H and O–H groups in total. The van der Waals surface area contributed by atoms with Crippen LogP contribution in [0.15, 0.2) is 60.0 Å². The van der Waals surface area contributed by atoms with E-state index in [0.29, 0.717) is 12.5 Å². The van der Waals surface area contributed by atoms with Gasteiger partial charge in [-0.1, -0.05) is 48.5 Å². The maximum Gasteiger partial charge on any atom is 0.140 e. The van der Waals surface area contributed by atoms with Crippen molar-refractivity contribution in [3.05, 3.63) is 70.7 Å². The first-order valence-electron chi connectivity index (χ1n) is 6.63. The molecule has 0 fully saturated rings. The molecule has 0 saturated heterocycles. The number of thiazole rings is 1. The first-order chi connectivity index (χ1) is 10.4. The molecule has 2 aromatic carbocycles. The topological polar surface area (TPSA) is 22.1 Å². The lowest BCUT2D eigenvalue weighted by Gasteiger charge is -2.10. The molecule has 3 aromatic rings. The first kappa shape index (κ1) is 14.1. The fraction of sp³-hybridized carbons (Fsp3) is 0.118. The lowest BCUT2D eigenvalue weighted by Crippen LogP contribution is -1.96.